The highest BCUT2D eigenvalue weighted by Crippen LogP contribution is 2.52. The van der Waals surface area contributed by atoms with Crippen molar-refractivity contribution < 1.29 is 19.1 Å². The van der Waals surface area contributed by atoms with Crippen LogP contribution in [0.4, 0.5) is 5.69 Å². The number of nitrogens with zero attached hydrogens (tertiary/aromatic N) is 1. The van der Waals surface area contributed by atoms with Crippen molar-refractivity contribution in [1.29, 1.82) is 0 Å². The normalized spacial score (nSPS) is 28.6. The fourth-order valence-electron chi connectivity index (χ4n) is 4.72. The maximum atomic E-state index is 13.6. The van der Waals surface area contributed by atoms with E-state index >= 15 is 0 Å². The Labute approximate surface area is 173 Å². The number of carbonyl (C=O) groups excluding carboxylic acids is 3. The van der Waals surface area contributed by atoms with Gasteiger partial charge < -0.3 is 4.74 Å². The smallest absolute Gasteiger partial charge is 0.327 e. The van der Waals surface area contributed by atoms with Crippen molar-refractivity contribution >= 4 is 34.8 Å². The Kier molecular flexibility index (Phi) is 5.27. The molecular formula is C22H24N2O4S. The fourth-order valence-corrected chi connectivity index (χ4v) is 5.54. The predicted molar refractivity (Wildman–Crippen MR) is 110 cm³/mol. The minimum atomic E-state index is -1.21. The lowest BCUT2D eigenvalue weighted by Gasteiger charge is -2.32. The predicted octanol–water partition coefficient (Wildman–Crippen LogP) is 3.30. The molecule has 2 aromatic rings. The molecule has 0 radical (unpaired) electrons. The lowest BCUT2D eigenvalue weighted by atomic mass is 9.77. The van der Waals surface area contributed by atoms with Crippen molar-refractivity contribution in [2.75, 3.05) is 11.5 Å². The number of thiophene rings is 1. The molecule has 1 N–H and O–H groups in total. The number of hydrogen-bond donors (Lipinski definition) is 1. The molecule has 0 aliphatic carbocycles. The summed E-state index contributed by atoms with van der Waals surface area (Å²) in [5, 5.41) is 5.33. The van der Waals surface area contributed by atoms with E-state index in [1.165, 1.54) is 16.2 Å². The summed E-state index contributed by atoms with van der Waals surface area (Å²) in [5.41, 5.74) is -0.670. The number of fused-ring (bicyclic) bond motifs is 1. The number of carbonyl (C=O) groups is 3. The van der Waals surface area contributed by atoms with Gasteiger partial charge in [-0.1, -0.05) is 37.6 Å². The first kappa shape index (κ1) is 19.8. The van der Waals surface area contributed by atoms with Crippen molar-refractivity contribution in [2.24, 2.45) is 11.8 Å². The second-order valence-corrected chi connectivity index (χ2v) is 8.41. The third kappa shape index (κ3) is 3.00. The van der Waals surface area contributed by atoms with Gasteiger partial charge in [0.15, 0.2) is 0 Å². The molecule has 1 aromatic heterocycles. The number of imide groups is 1. The molecule has 2 saturated heterocycles. The van der Waals surface area contributed by atoms with Crippen LogP contribution in [-0.4, -0.2) is 29.9 Å². The van der Waals surface area contributed by atoms with Gasteiger partial charge in [-0.15, -0.1) is 11.3 Å². The molecule has 0 bridgehead atoms. The van der Waals surface area contributed by atoms with Crippen LogP contribution in [0.5, 0.6) is 0 Å². The first-order valence-corrected chi connectivity index (χ1v) is 10.8. The Balaban J connectivity index is 1.84. The molecule has 29 heavy (non-hydrogen) atoms. The lowest BCUT2D eigenvalue weighted by molar-refractivity contribution is -0.155. The van der Waals surface area contributed by atoms with Gasteiger partial charge in [0.2, 0.25) is 11.8 Å². The van der Waals surface area contributed by atoms with E-state index in [0.29, 0.717) is 18.5 Å². The van der Waals surface area contributed by atoms with E-state index in [-0.39, 0.29) is 18.4 Å². The number of para-hydroxylation sites is 1. The molecule has 1 aromatic carbocycles. The van der Waals surface area contributed by atoms with Gasteiger partial charge in [-0.05, 0) is 36.9 Å². The molecular weight excluding hydrogens is 388 g/mol. The number of ether oxygens (including phenoxy) is 1. The van der Waals surface area contributed by atoms with Crippen LogP contribution in [0.3, 0.4) is 0 Å². The third-order valence-corrected chi connectivity index (χ3v) is 6.76. The molecule has 2 aliphatic heterocycles. The highest BCUT2D eigenvalue weighted by molar-refractivity contribution is 7.10. The summed E-state index contributed by atoms with van der Waals surface area (Å²) in [6.07, 6.45) is 1.11. The highest BCUT2D eigenvalue weighted by Gasteiger charge is 2.68. The zero-order valence-electron chi connectivity index (χ0n) is 16.5. The van der Waals surface area contributed by atoms with Gasteiger partial charge in [0.1, 0.15) is 5.54 Å². The van der Waals surface area contributed by atoms with Crippen molar-refractivity contribution in [1.82, 2.24) is 5.32 Å². The fraction of sp³-hybridized carbons (Fsp3) is 0.409. The molecule has 0 saturated carbocycles. The zero-order valence-corrected chi connectivity index (χ0v) is 17.3. The summed E-state index contributed by atoms with van der Waals surface area (Å²) < 4.78 is 5.40. The van der Waals surface area contributed by atoms with E-state index in [9.17, 15) is 14.4 Å². The summed E-state index contributed by atoms with van der Waals surface area (Å²) in [4.78, 5) is 42.4. The summed E-state index contributed by atoms with van der Waals surface area (Å²) in [7, 11) is 0. The van der Waals surface area contributed by atoms with Gasteiger partial charge in [0.25, 0.3) is 0 Å². The van der Waals surface area contributed by atoms with Crippen LogP contribution in [-0.2, 0) is 19.1 Å². The van der Waals surface area contributed by atoms with Crippen molar-refractivity contribution in [2.45, 2.75) is 38.3 Å². The summed E-state index contributed by atoms with van der Waals surface area (Å²) in [6.45, 7) is 3.93. The minimum absolute atomic E-state index is 0.220. The molecule has 4 atom stereocenters. The molecule has 3 heterocycles. The maximum absolute atomic E-state index is 13.6. The minimum Gasteiger partial charge on any atom is -0.465 e. The van der Waals surface area contributed by atoms with Crippen LogP contribution < -0.4 is 10.2 Å². The molecule has 2 aliphatic rings. The monoisotopic (exact) mass is 412 g/mol. The summed E-state index contributed by atoms with van der Waals surface area (Å²) in [6, 6.07) is 12.4. The van der Waals surface area contributed by atoms with Gasteiger partial charge in [-0.3, -0.25) is 19.7 Å². The Hall–Kier alpha value is -2.51. The number of rotatable bonds is 6. The van der Waals surface area contributed by atoms with Crippen LogP contribution in [0.2, 0.25) is 0 Å². The second-order valence-electron chi connectivity index (χ2n) is 7.43. The second kappa shape index (κ2) is 7.72. The molecule has 6 nitrogen and oxygen atoms in total. The number of esters is 1. The van der Waals surface area contributed by atoms with Crippen molar-refractivity contribution in [3.8, 4) is 0 Å². The lowest BCUT2D eigenvalue weighted by Crippen LogP contribution is -2.56. The number of anilines is 1. The Morgan fingerprint density at radius 1 is 1.14 bits per heavy atom. The van der Waals surface area contributed by atoms with Crippen LogP contribution >= 0.6 is 11.3 Å². The first-order chi connectivity index (χ1) is 14.0. The molecule has 4 rings (SSSR count). The van der Waals surface area contributed by atoms with E-state index in [1.54, 1.807) is 31.2 Å². The summed E-state index contributed by atoms with van der Waals surface area (Å²) >= 11 is 1.52. The van der Waals surface area contributed by atoms with Gasteiger partial charge >= 0.3 is 5.97 Å². The quantitative estimate of drug-likeness (QED) is 0.582. The van der Waals surface area contributed by atoms with E-state index in [2.05, 4.69) is 5.32 Å². The van der Waals surface area contributed by atoms with Crippen LogP contribution in [0.1, 0.15) is 37.6 Å². The SMILES string of the molecule is CCC[C@@]1(C(=O)OCC)N[C@@H](c2cccs2)[C@H]2C(=O)N(c3ccccc3)C(=O)[C@H]21. The van der Waals surface area contributed by atoms with E-state index in [0.717, 1.165) is 4.88 Å². The van der Waals surface area contributed by atoms with Gasteiger partial charge in [0, 0.05) is 4.88 Å². The third-order valence-electron chi connectivity index (χ3n) is 5.80. The Bertz CT molecular complexity index is 914. The maximum Gasteiger partial charge on any atom is 0.327 e. The van der Waals surface area contributed by atoms with Gasteiger partial charge in [-0.25, -0.2) is 4.90 Å². The number of nitrogens with one attached hydrogen (secondary N) is 1. The molecule has 2 amide bonds. The van der Waals surface area contributed by atoms with E-state index in [4.69, 9.17) is 4.74 Å². The number of benzene rings is 1. The van der Waals surface area contributed by atoms with Gasteiger partial charge in [0.05, 0.1) is 30.2 Å². The Morgan fingerprint density at radius 3 is 2.52 bits per heavy atom. The number of hydrogen-bond acceptors (Lipinski definition) is 6. The molecule has 152 valence electrons. The Morgan fingerprint density at radius 2 is 1.90 bits per heavy atom. The van der Waals surface area contributed by atoms with Crippen molar-refractivity contribution in [3.05, 3.63) is 52.7 Å². The largest absolute Gasteiger partial charge is 0.465 e. The highest BCUT2D eigenvalue weighted by atomic mass is 32.1. The molecule has 7 heteroatoms. The number of amides is 2. The van der Waals surface area contributed by atoms with E-state index < -0.39 is 29.4 Å². The zero-order chi connectivity index (χ0) is 20.6. The van der Waals surface area contributed by atoms with Crippen LogP contribution in [0, 0.1) is 11.8 Å². The van der Waals surface area contributed by atoms with E-state index in [1.807, 2.05) is 30.5 Å². The average Bonchev–Trinajstić information content (AvgIpc) is 3.41. The topological polar surface area (TPSA) is 75.7 Å². The molecule has 0 unspecified atom stereocenters. The first-order valence-electron chi connectivity index (χ1n) is 9.96. The summed E-state index contributed by atoms with van der Waals surface area (Å²) in [5.74, 6) is -2.48. The van der Waals surface area contributed by atoms with Crippen LogP contribution in [0.25, 0.3) is 0 Å². The molecule has 2 fully saturated rings. The average molecular weight is 413 g/mol. The van der Waals surface area contributed by atoms with Crippen LogP contribution in [0.15, 0.2) is 47.8 Å². The van der Waals surface area contributed by atoms with Gasteiger partial charge in [-0.2, -0.15) is 0 Å². The van der Waals surface area contributed by atoms with Crippen molar-refractivity contribution in [3.63, 3.8) is 0 Å². The molecule has 0 spiro atoms. The standard InChI is InChI=1S/C22H24N2O4S/c1-3-12-22(21(27)28-4-2)17-16(18(23-22)15-11-8-13-29-15)19(25)24(20(17)26)14-9-6-5-7-10-14/h5-11,13,16-18,23H,3-4,12H2,1-2H3/t16-,17-,18-,22+/m0/s1.